The number of nitrogen functional groups attached to an aromatic ring is 1. The van der Waals surface area contributed by atoms with Crippen molar-refractivity contribution in [3.63, 3.8) is 0 Å². The molecule has 0 fully saturated rings. The highest BCUT2D eigenvalue weighted by Crippen LogP contribution is 2.37. The number of benzene rings is 2. The number of carbonyl (C=O) groups excluding carboxylic acids is 2. The summed E-state index contributed by atoms with van der Waals surface area (Å²) in [5.41, 5.74) is 11.4. The average Bonchev–Trinajstić information content (AvgIpc) is 3.28. The molecule has 0 saturated carbocycles. The lowest BCUT2D eigenvalue weighted by Gasteiger charge is -2.11. The van der Waals surface area contributed by atoms with Crippen molar-refractivity contribution in [3.8, 4) is 11.1 Å². The minimum atomic E-state index is -1.06. The summed E-state index contributed by atoms with van der Waals surface area (Å²) in [4.78, 5) is 28.9. The molecule has 4 rings (SSSR count). The van der Waals surface area contributed by atoms with E-state index in [2.05, 4.69) is 15.6 Å². The second kappa shape index (κ2) is 8.70. The van der Waals surface area contributed by atoms with Crippen LogP contribution in [0.1, 0.15) is 27.3 Å². The largest absolute Gasteiger partial charge is 0.399 e. The fraction of sp³-hybridized carbons (Fsp3) is 0.167. The number of para-hydroxylation sites is 1. The first-order valence-corrected chi connectivity index (χ1v) is 10.2. The smallest absolute Gasteiger partial charge is 0.256 e. The molecule has 0 spiro atoms. The van der Waals surface area contributed by atoms with E-state index >= 15 is 0 Å². The third-order valence-corrected chi connectivity index (χ3v) is 5.33. The van der Waals surface area contributed by atoms with E-state index in [0.717, 1.165) is 11.3 Å². The molecule has 2 heterocycles. The van der Waals surface area contributed by atoms with Crippen LogP contribution in [0.25, 0.3) is 22.8 Å². The highest BCUT2D eigenvalue weighted by molar-refractivity contribution is 6.35. The molecule has 164 valence electrons. The minimum Gasteiger partial charge on any atom is -0.399 e. The fourth-order valence-corrected chi connectivity index (χ4v) is 3.83. The molecular weight excluding hydrogens is 408 g/mol. The van der Waals surface area contributed by atoms with Gasteiger partial charge < -0.3 is 31.6 Å². The number of aliphatic hydroxyl groups is 2. The molecule has 0 unspecified atom stereocenters. The molecule has 0 aliphatic carbocycles. The normalized spacial score (nSPS) is 14.8. The van der Waals surface area contributed by atoms with Gasteiger partial charge in [0.25, 0.3) is 11.8 Å². The van der Waals surface area contributed by atoms with Gasteiger partial charge in [0, 0.05) is 40.4 Å². The summed E-state index contributed by atoms with van der Waals surface area (Å²) in [6.07, 6.45) is 0.667. The first-order chi connectivity index (χ1) is 15.4. The molecule has 0 bridgehead atoms. The predicted molar refractivity (Wildman–Crippen MR) is 124 cm³/mol. The quantitative estimate of drug-likeness (QED) is 0.262. The van der Waals surface area contributed by atoms with Crippen molar-refractivity contribution in [1.29, 1.82) is 0 Å². The lowest BCUT2D eigenvalue weighted by Crippen LogP contribution is -2.34. The molecule has 32 heavy (non-hydrogen) atoms. The van der Waals surface area contributed by atoms with Gasteiger partial charge in [0.05, 0.1) is 23.8 Å². The van der Waals surface area contributed by atoms with Crippen molar-refractivity contribution in [1.82, 2.24) is 10.3 Å². The average molecular weight is 432 g/mol. The van der Waals surface area contributed by atoms with Crippen molar-refractivity contribution in [2.75, 3.05) is 24.2 Å². The Hall–Kier alpha value is -3.88. The second-order valence-electron chi connectivity index (χ2n) is 7.64. The van der Waals surface area contributed by atoms with Crippen LogP contribution in [-0.2, 0) is 4.79 Å². The number of rotatable bonds is 6. The van der Waals surface area contributed by atoms with E-state index < -0.39 is 18.6 Å². The minimum absolute atomic E-state index is 0.0947. The van der Waals surface area contributed by atoms with Crippen LogP contribution in [0.2, 0.25) is 0 Å². The Morgan fingerprint density at radius 3 is 2.75 bits per heavy atom. The number of hydrogen-bond donors (Lipinski definition) is 6. The van der Waals surface area contributed by atoms with Crippen LogP contribution in [0.3, 0.4) is 0 Å². The van der Waals surface area contributed by atoms with Crippen LogP contribution >= 0.6 is 0 Å². The van der Waals surface area contributed by atoms with Crippen molar-refractivity contribution in [3.05, 3.63) is 71.0 Å². The highest BCUT2D eigenvalue weighted by atomic mass is 16.3. The molecule has 0 saturated heterocycles. The Morgan fingerprint density at radius 2 is 2.00 bits per heavy atom. The van der Waals surface area contributed by atoms with Gasteiger partial charge in [-0.3, -0.25) is 9.59 Å². The van der Waals surface area contributed by atoms with Crippen molar-refractivity contribution in [2.24, 2.45) is 0 Å². The summed E-state index contributed by atoms with van der Waals surface area (Å²) in [5.74, 6) is -0.640. The topological polar surface area (TPSA) is 140 Å². The number of anilines is 2. The van der Waals surface area contributed by atoms with Gasteiger partial charge in [-0.15, -0.1) is 0 Å². The van der Waals surface area contributed by atoms with E-state index in [0.29, 0.717) is 39.3 Å². The molecule has 8 nitrogen and oxygen atoms in total. The SMILES string of the molecule is Cc1[nH]c(/C=C2\C(=O)Nc3ccccc32)c(-c2cccc(N)c2)c1C(=O)NC[C@@H](O)CO. The maximum absolute atomic E-state index is 13.0. The van der Waals surface area contributed by atoms with Crippen molar-refractivity contribution >= 4 is 34.8 Å². The Labute approximate surface area is 184 Å². The first-order valence-electron chi connectivity index (χ1n) is 10.2. The number of amides is 2. The van der Waals surface area contributed by atoms with Gasteiger partial charge in [0.15, 0.2) is 0 Å². The molecule has 8 heteroatoms. The molecule has 1 aliphatic heterocycles. The summed E-state index contributed by atoms with van der Waals surface area (Å²) >= 11 is 0. The molecule has 1 aromatic heterocycles. The molecule has 7 N–H and O–H groups in total. The Morgan fingerprint density at radius 1 is 1.22 bits per heavy atom. The maximum atomic E-state index is 13.0. The lowest BCUT2D eigenvalue weighted by atomic mass is 9.97. The number of aromatic nitrogens is 1. The zero-order valence-electron chi connectivity index (χ0n) is 17.5. The summed E-state index contributed by atoms with van der Waals surface area (Å²) in [6, 6.07) is 14.5. The molecule has 1 atom stereocenters. The van der Waals surface area contributed by atoms with Crippen LogP contribution in [0.15, 0.2) is 48.5 Å². The molecular formula is C24H24N4O4. The third kappa shape index (κ3) is 4.01. The predicted octanol–water partition coefficient (Wildman–Crippen LogP) is 2.15. The van der Waals surface area contributed by atoms with Gasteiger partial charge in [-0.05, 0) is 36.8 Å². The van der Waals surface area contributed by atoms with Crippen LogP contribution < -0.4 is 16.4 Å². The monoisotopic (exact) mass is 432 g/mol. The van der Waals surface area contributed by atoms with Crippen molar-refractivity contribution in [2.45, 2.75) is 13.0 Å². The lowest BCUT2D eigenvalue weighted by molar-refractivity contribution is -0.110. The third-order valence-electron chi connectivity index (χ3n) is 5.33. The number of aromatic amines is 1. The molecule has 2 amide bonds. The second-order valence-corrected chi connectivity index (χ2v) is 7.64. The summed E-state index contributed by atoms with van der Waals surface area (Å²) < 4.78 is 0. The van der Waals surface area contributed by atoms with Crippen LogP contribution in [0, 0.1) is 6.92 Å². The number of nitrogens with one attached hydrogen (secondary N) is 3. The Kier molecular flexibility index (Phi) is 5.81. The molecule has 1 aliphatic rings. The zero-order chi connectivity index (χ0) is 22.8. The maximum Gasteiger partial charge on any atom is 0.256 e. The number of fused-ring (bicyclic) bond motifs is 1. The van der Waals surface area contributed by atoms with E-state index in [1.807, 2.05) is 30.3 Å². The van der Waals surface area contributed by atoms with E-state index in [4.69, 9.17) is 10.8 Å². The van der Waals surface area contributed by atoms with Crippen LogP contribution in [0.5, 0.6) is 0 Å². The number of H-pyrrole nitrogens is 1. The number of carbonyl (C=O) groups is 2. The Balaban J connectivity index is 1.85. The molecule has 3 aromatic rings. The molecule has 2 aromatic carbocycles. The van der Waals surface area contributed by atoms with E-state index in [1.54, 1.807) is 31.2 Å². The first kappa shape index (κ1) is 21.4. The number of aliphatic hydroxyl groups excluding tert-OH is 2. The van der Waals surface area contributed by atoms with Gasteiger partial charge in [-0.25, -0.2) is 0 Å². The van der Waals surface area contributed by atoms with Gasteiger partial charge in [-0.2, -0.15) is 0 Å². The van der Waals surface area contributed by atoms with E-state index in [9.17, 15) is 14.7 Å². The number of aryl methyl sites for hydroxylation is 1. The van der Waals surface area contributed by atoms with Crippen molar-refractivity contribution < 1.29 is 19.8 Å². The summed E-state index contributed by atoms with van der Waals surface area (Å²) in [6.45, 7) is 1.21. The fourth-order valence-electron chi connectivity index (χ4n) is 3.83. The standard InChI is InChI=1S/C24H24N4O4/c1-13-21(24(32)26-11-16(30)12-29)22(14-5-4-6-15(25)9-14)20(27-13)10-18-17-7-2-3-8-19(17)28-23(18)31/h2-10,16,27,29-30H,11-12,25H2,1H3,(H,26,32)(H,28,31)/b18-10-/t16-/m1/s1. The molecule has 0 radical (unpaired) electrons. The zero-order valence-corrected chi connectivity index (χ0v) is 17.5. The number of hydrogen-bond acceptors (Lipinski definition) is 5. The number of nitrogens with two attached hydrogens (primary N) is 1. The highest BCUT2D eigenvalue weighted by Gasteiger charge is 2.27. The van der Waals surface area contributed by atoms with Crippen LogP contribution in [-0.4, -0.2) is 46.3 Å². The van der Waals surface area contributed by atoms with Gasteiger partial charge in [0.2, 0.25) is 0 Å². The Bertz CT molecular complexity index is 1230. The van der Waals surface area contributed by atoms with Gasteiger partial charge in [0.1, 0.15) is 0 Å². The van der Waals surface area contributed by atoms with Gasteiger partial charge >= 0.3 is 0 Å². The van der Waals surface area contributed by atoms with E-state index in [-0.39, 0.29) is 12.5 Å². The van der Waals surface area contributed by atoms with E-state index in [1.165, 1.54) is 0 Å². The van der Waals surface area contributed by atoms with Crippen LogP contribution in [0.4, 0.5) is 11.4 Å². The van der Waals surface area contributed by atoms with Gasteiger partial charge in [-0.1, -0.05) is 30.3 Å². The summed E-state index contributed by atoms with van der Waals surface area (Å²) in [5, 5.41) is 24.2. The summed E-state index contributed by atoms with van der Waals surface area (Å²) in [7, 11) is 0.